The van der Waals surface area contributed by atoms with Gasteiger partial charge in [-0.3, -0.25) is 10.1 Å². The van der Waals surface area contributed by atoms with Crippen molar-refractivity contribution in [2.45, 2.75) is 20.4 Å². The first-order valence-corrected chi connectivity index (χ1v) is 6.89. The van der Waals surface area contributed by atoms with Crippen LogP contribution < -0.4 is 10.6 Å². The van der Waals surface area contributed by atoms with E-state index in [0.717, 1.165) is 12.1 Å². The van der Waals surface area contributed by atoms with E-state index in [0.29, 0.717) is 25.0 Å². The van der Waals surface area contributed by atoms with Crippen LogP contribution in [0.3, 0.4) is 0 Å². The van der Waals surface area contributed by atoms with Crippen molar-refractivity contribution in [3.63, 3.8) is 0 Å². The number of rotatable bonds is 7. The van der Waals surface area contributed by atoms with Gasteiger partial charge in [0.2, 0.25) is 0 Å². The molecule has 0 spiro atoms. The Bertz CT molecular complexity index is 501. The summed E-state index contributed by atoms with van der Waals surface area (Å²) in [6.07, 6.45) is 1.76. The van der Waals surface area contributed by atoms with Crippen LogP contribution in [0.5, 0.6) is 0 Å². The molecule has 0 bridgehead atoms. The highest BCUT2D eigenvalue weighted by molar-refractivity contribution is 14.0. The van der Waals surface area contributed by atoms with E-state index in [1.807, 2.05) is 0 Å². The molecule has 6 nitrogen and oxygen atoms in total. The normalized spacial score (nSPS) is 10.8. The molecule has 1 aromatic carbocycles. The molecule has 0 saturated heterocycles. The van der Waals surface area contributed by atoms with E-state index in [4.69, 9.17) is 0 Å². The van der Waals surface area contributed by atoms with Gasteiger partial charge in [-0.1, -0.05) is 32.1 Å². The van der Waals surface area contributed by atoms with Gasteiger partial charge in [0.25, 0.3) is 5.69 Å². The van der Waals surface area contributed by atoms with Gasteiger partial charge in [-0.2, -0.15) is 0 Å². The molecule has 22 heavy (non-hydrogen) atoms. The summed E-state index contributed by atoms with van der Waals surface area (Å²) in [5.41, 5.74) is 1.01. The molecule has 0 heterocycles. The molecular formula is C15H23IN4O2. The fourth-order valence-electron chi connectivity index (χ4n) is 1.54. The number of nitro benzene ring substituents is 1. The van der Waals surface area contributed by atoms with Crippen LogP contribution in [-0.4, -0.2) is 24.0 Å². The van der Waals surface area contributed by atoms with Crippen molar-refractivity contribution in [1.29, 1.82) is 0 Å². The number of nitrogens with one attached hydrogen (secondary N) is 2. The van der Waals surface area contributed by atoms with Crippen LogP contribution in [0.4, 0.5) is 5.69 Å². The minimum Gasteiger partial charge on any atom is -0.356 e. The highest BCUT2D eigenvalue weighted by Gasteiger charge is 2.04. The first-order valence-electron chi connectivity index (χ1n) is 6.89. The van der Waals surface area contributed by atoms with Crippen LogP contribution in [-0.2, 0) is 6.54 Å². The summed E-state index contributed by atoms with van der Waals surface area (Å²) in [5, 5.41) is 17.0. The van der Waals surface area contributed by atoms with Gasteiger partial charge in [0.05, 0.1) is 11.5 Å². The summed E-state index contributed by atoms with van der Waals surface area (Å²) >= 11 is 0. The average Bonchev–Trinajstić information content (AvgIpc) is 2.46. The Morgan fingerprint density at radius 3 is 2.50 bits per heavy atom. The third kappa shape index (κ3) is 7.96. The second kappa shape index (κ2) is 11.0. The van der Waals surface area contributed by atoms with Crippen LogP contribution in [0.2, 0.25) is 0 Å². The fourth-order valence-corrected chi connectivity index (χ4v) is 1.54. The average molecular weight is 418 g/mol. The summed E-state index contributed by atoms with van der Waals surface area (Å²) in [4.78, 5) is 14.6. The fraction of sp³-hybridized carbons (Fsp3) is 0.400. The Morgan fingerprint density at radius 1 is 1.36 bits per heavy atom. The van der Waals surface area contributed by atoms with Crippen LogP contribution in [0.1, 0.15) is 19.4 Å². The van der Waals surface area contributed by atoms with E-state index >= 15 is 0 Å². The minimum absolute atomic E-state index is 0. The Morgan fingerprint density at radius 2 is 2.00 bits per heavy atom. The molecule has 2 N–H and O–H groups in total. The number of nitrogens with zero attached hydrogens (tertiary/aromatic N) is 2. The molecule has 1 rings (SSSR count). The van der Waals surface area contributed by atoms with Crippen molar-refractivity contribution >= 4 is 35.6 Å². The van der Waals surface area contributed by atoms with Gasteiger partial charge < -0.3 is 10.6 Å². The molecule has 0 aliphatic heterocycles. The van der Waals surface area contributed by atoms with E-state index in [9.17, 15) is 10.1 Å². The molecular weight excluding hydrogens is 395 g/mol. The van der Waals surface area contributed by atoms with Gasteiger partial charge >= 0.3 is 0 Å². The first-order chi connectivity index (χ1) is 10.0. The number of hydrogen-bond acceptors (Lipinski definition) is 3. The zero-order valence-electron chi connectivity index (χ0n) is 12.9. The molecule has 0 aliphatic rings. The van der Waals surface area contributed by atoms with Crippen LogP contribution >= 0.6 is 24.0 Å². The van der Waals surface area contributed by atoms with E-state index < -0.39 is 4.92 Å². The van der Waals surface area contributed by atoms with Crippen molar-refractivity contribution in [2.24, 2.45) is 10.9 Å². The number of non-ortho nitro benzene ring substituents is 1. The molecule has 0 aromatic heterocycles. The maximum absolute atomic E-state index is 10.6. The lowest BCUT2D eigenvalue weighted by Gasteiger charge is -2.13. The number of nitro groups is 1. The quantitative estimate of drug-likeness (QED) is 0.178. The lowest BCUT2D eigenvalue weighted by Crippen LogP contribution is -2.39. The summed E-state index contributed by atoms with van der Waals surface area (Å²) < 4.78 is 0. The summed E-state index contributed by atoms with van der Waals surface area (Å²) in [5.74, 6) is 1.22. The molecule has 0 unspecified atom stereocenters. The molecule has 1 aromatic rings. The van der Waals surface area contributed by atoms with E-state index in [1.165, 1.54) is 12.1 Å². The van der Waals surface area contributed by atoms with Crippen molar-refractivity contribution in [3.05, 3.63) is 52.6 Å². The summed E-state index contributed by atoms with van der Waals surface area (Å²) in [6.45, 7) is 9.81. The maximum atomic E-state index is 10.6. The second-order valence-electron chi connectivity index (χ2n) is 5.03. The smallest absolute Gasteiger partial charge is 0.269 e. The third-order valence-corrected chi connectivity index (χ3v) is 2.66. The van der Waals surface area contributed by atoms with Gasteiger partial charge in [0.1, 0.15) is 0 Å². The predicted octanol–water partition coefficient (Wildman–Crippen LogP) is 3.09. The Labute approximate surface area is 148 Å². The highest BCUT2D eigenvalue weighted by Crippen LogP contribution is 2.12. The lowest BCUT2D eigenvalue weighted by atomic mass is 10.2. The Balaban J connectivity index is 0.00000441. The SMILES string of the molecule is C=CCNC(=NCc1ccc([N+](=O)[O-])cc1)NCC(C)C.I. The third-order valence-electron chi connectivity index (χ3n) is 2.66. The maximum Gasteiger partial charge on any atom is 0.269 e. The van der Waals surface area contributed by atoms with Gasteiger partial charge in [-0.15, -0.1) is 30.6 Å². The largest absolute Gasteiger partial charge is 0.356 e. The van der Waals surface area contributed by atoms with Gasteiger partial charge in [-0.25, -0.2) is 4.99 Å². The van der Waals surface area contributed by atoms with Crippen LogP contribution in [0, 0.1) is 16.0 Å². The van der Waals surface area contributed by atoms with Crippen molar-refractivity contribution in [1.82, 2.24) is 10.6 Å². The van der Waals surface area contributed by atoms with E-state index in [1.54, 1.807) is 18.2 Å². The summed E-state index contributed by atoms with van der Waals surface area (Å²) in [7, 11) is 0. The lowest BCUT2D eigenvalue weighted by molar-refractivity contribution is -0.384. The number of aliphatic imine (C=N–C) groups is 1. The van der Waals surface area contributed by atoms with Crippen LogP contribution in [0.25, 0.3) is 0 Å². The molecule has 0 atom stereocenters. The highest BCUT2D eigenvalue weighted by atomic mass is 127. The topological polar surface area (TPSA) is 79.6 Å². The minimum atomic E-state index is -0.408. The van der Waals surface area contributed by atoms with Crippen LogP contribution in [0.15, 0.2) is 41.9 Å². The molecule has 0 radical (unpaired) electrons. The van der Waals surface area contributed by atoms with E-state index in [-0.39, 0.29) is 29.7 Å². The number of hydrogen-bond donors (Lipinski definition) is 2. The van der Waals surface area contributed by atoms with Gasteiger partial charge in [-0.05, 0) is 11.5 Å². The van der Waals surface area contributed by atoms with Crippen molar-refractivity contribution < 1.29 is 4.92 Å². The standard InChI is InChI=1S/C15H22N4O2.HI/c1-4-9-16-15(17-10-12(2)3)18-11-13-5-7-14(8-6-13)19(20)21;/h4-8,12H,1,9-11H2,2-3H3,(H2,16,17,18);1H. The van der Waals surface area contributed by atoms with Gasteiger partial charge in [0, 0.05) is 25.2 Å². The molecule has 0 fully saturated rings. The van der Waals surface area contributed by atoms with Crippen molar-refractivity contribution in [3.8, 4) is 0 Å². The zero-order chi connectivity index (χ0) is 15.7. The summed E-state index contributed by atoms with van der Waals surface area (Å²) in [6, 6.07) is 6.41. The molecule has 0 aliphatic carbocycles. The first kappa shape index (κ1) is 20.4. The zero-order valence-corrected chi connectivity index (χ0v) is 15.2. The number of halogens is 1. The molecule has 0 amide bonds. The number of guanidine groups is 1. The monoisotopic (exact) mass is 418 g/mol. The second-order valence-corrected chi connectivity index (χ2v) is 5.03. The van der Waals surface area contributed by atoms with Gasteiger partial charge in [0.15, 0.2) is 5.96 Å². The predicted molar refractivity (Wildman–Crippen MR) is 101 cm³/mol. The molecule has 7 heteroatoms. The Hall–Kier alpha value is -1.64. The molecule has 122 valence electrons. The molecule has 0 saturated carbocycles. The van der Waals surface area contributed by atoms with Crippen molar-refractivity contribution in [2.75, 3.05) is 13.1 Å². The number of benzene rings is 1. The Kier molecular flexibility index (Phi) is 10.2. The van der Waals surface area contributed by atoms with E-state index in [2.05, 4.69) is 36.1 Å².